The van der Waals surface area contributed by atoms with Gasteiger partial charge in [-0.3, -0.25) is 10.1 Å². The lowest BCUT2D eigenvalue weighted by Crippen LogP contribution is -2.23. The largest absolute Gasteiger partial charge is 0.380 e. The van der Waals surface area contributed by atoms with E-state index in [-0.39, 0.29) is 5.82 Å². The van der Waals surface area contributed by atoms with Gasteiger partial charge in [-0.05, 0) is 14.1 Å². The van der Waals surface area contributed by atoms with Gasteiger partial charge in [0.25, 0.3) is 6.20 Å². The van der Waals surface area contributed by atoms with Crippen molar-refractivity contribution in [1.82, 2.24) is 15.2 Å². The molecule has 0 saturated carbocycles. The molecule has 7 nitrogen and oxygen atoms in total. The van der Waals surface area contributed by atoms with E-state index in [4.69, 9.17) is 5.73 Å². The van der Waals surface area contributed by atoms with Crippen molar-refractivity contribution in [1.29, 1.82) is 0 Å². The molecular weight excluding hydrogens is 298 g/mol. The molecule has 1 aromatic heterocycles. The van der Waals surface area contributed by atoms with Gasteiger partial charge in [-0.15, -0.1) is 11.3 Å². The van der Waals surface area contributed by atoms with Crippen molar-refractivity contribution >= 4 is 23.1 Å². The van der Waals surface area contributed by atoms with Gasteiger partial charge in [-0.1, -0.05) is 0 Å². The molecule has 0 amide bonds. The number of nitrogens with one attached hydrogen (secondary N) is 1. The Balaban J connectivity index is 2.18. The Morgan fingerprint density at radius 3 is 3.10 bits per heavy atom. The number of hydrogen-bond donors (Lipinski definition) is 2. The third-order valence-electron chi connectivity index (χ3n) is 2.12. The minimum Gasteiger partial charge on any atom is -0.380 e. The first-order chi connectivity index (χ1) is 9.47. The van der Waals surface area contributed by atoms with E-state index in [0.29, 0.717) is 6.54 Å². The molecule has 0 fully saturated rings. The van der Waals surface area contributed by atoms with Crippen LogP contribution in [0.1, 0.15) is 10.7 Å². The predicted molar refractivity (Wildman–Crippen MR) is 82.9 cm³/mol. The second-order valence-corrected chi connectivity index (χ2v) is 6.37. The number of thiazole rings is 1. The zero-order valence-corrected chi connectivity index (χ0v) is 13.2. The van der Waals surface area contributed by atoms with E-state index < -0.39 is 4.92 Å². The van der Waals surface area contributed by atoms with Crippen molar-refractivity contribution in [3.8, 4) is 0 Å². The van der Waals surface area contributed by atoms with Crippen LogP contribution >= 0.6 is 23.1 Å². The van der Waals surface area contributed by atoms with E-state index in [1.54, 1.807) is 23.1 Å². The second-order valence-electron chi connectivity index (χ2n) is 4.32. The van der Waals surface area contributed by atoms with Crippen LogP contribution in [0.5, 0.6) is 0 Å². The lowest BCUT2D eigenvalue weighted by molar-refractivity contribution is -0.403. The summed E-state index contributed by atoms with van der Waals surface area (Å²) in [6.45, 7) is 1.45. The summed E-state index contributed by atoms with van der Waals surface area (Å²) in [5, 5.41) is 16.1. The third-order valence-corrected chi connectivity index (χ3v) is 4.00. The maximum absolute atomic E-state index is 10.2. The fraction of sp³-hybridized carbons (Fsp3) is 0.545. The fourth-order valence-corrected chi connectivity index (χ4v) is 3.13. The molecule has 112 valence electrons. The van der Waals surface area contributed by atoms with Gasteiger partial charge >= 0.3 is 0 Å². The molecular formula is C11H19N5O2S2. The normalized spacial score (nSPS) is 11.8. The average Bonchev–Trinajstić information content (AvgIpc) is 2.74. The van der Waals surface area contributed by atoms with Crippen molar-refractivity contribution in [2.24, 2.45) is 5.73 Å². The van der Waals surface area contributed by atoms with Crippen molar-refractivity contribution < 1.29 is 4.92 Å². The highest BCUT2D eigenvalue weighted by Gasteiger charge is 2.03. The van der Waals surface area contributed by atoms with E-state index >= 15 is 0 Å². The van der Waals surface area contributed by atoms with Crippen LogP contribution in [0.4, 0.5) is 0 Å². The minimum absolute atomic E-state index is 0.0810. The Morgan fingerprint density at radius 2 is 2.45 bits per heavy atom. The number of nitrogens with two attached hydrogens (primary N) is 1. The van der Waals surface area contributed by atoms with Crippen molar-refractivity contribution in [2.75, 3.05) is 26.4 Å². The first-order valence-electron chi connectivity index (χ1n) is 5.98. The van der Waals surface area contributed by atoms with Gasteiger partial charge in [0.1, 0.15) is 5.01 Å². The molecule has 1 heterocycles. The van der Waals surface area contributed by atoms with E-state index in [0.717, 1.165) is 35.0 Å². The van der Waals surface area contributed by atoms with Crippen LogP contribution in [-0.2, 0) is 12.3 Å². The Morgan fingerprint density at radius 1 is 1.70 bits per heavy atom. The lowest BCUT2D eigenvalue weighted by atomic mass is 10.5. The molecule has 3 N–H and O–H groups in total. The maximum Gasteiger partial charge on any atom is 0.273 e. The minimum atomic E-state index is -0.572. The first-order valence-corrected chi connectivity index (χ1v) is 8.01. The SMILES string of the molecule is CN(C)Cc1nc(CSCCNC(N)=C[N+](=O)[O-])cs1. The molecule has 9 heteroatoms. The van der Waals surface area contributed by atoms with Crippen LogP contribution in [0.25, 0.3) is 0 Å². The third kappa shape index (κ3) is 7.31. The molecule has 0 bridgehead atoms. The van der Waals surface area contributed by atoms with E-state index in [1.165, 1.54) is 0 Å². The molecule has 20 heavy (non-hydrogen) atoms. The topological polar surface area (TPSA) is 97.3 Å². The number of hydrogen-bond acceptors (Lipinski definition) is 8. The summed E-state index contributed by atoms with van der Waals surface area (Å²) in [6, 6.07) is 0. The van der Waals surface area contributed by atoms with E-state index in [2.05, 4.69) is 20.6 Å². The Hall–Kier alpha value is -1.32. The van der Waals surface area contributed by atoms with Gasteiger partial charge in [-0.2, -0.15) is 11.8 Å². The van der Waals surface area contributed by atoms with Crippen LogP contribution in [0.3, 0.4) is 0 Å². The molecule has 0 radical (unpaired) electrons. The molecule has 1 rings (SSSR count). The summed E-state index contributed by atoms with van der Waals surface area (Å²) in [5.41, 5.74) is 6.48. The van der Waals surface area contributed by atoms with Gasteiger partial charge in [0.2, 0.25) is 0 Å². The quantitative estimate of drug-likeness (QED) is 0.399. The van der Waals surface area contributed by atoms with Crippen LogP contribution in [0, 0.1) is 10.1 Å². The summed E-state index contributed by atoms with van der Waals surface area (Å²) in [5.74, 6) is 1.73. The fourth-order valence-electron chi connectivity index (χ4n) is 1.36. The smallest absolute Gasteiger partial charge is 0.273 e. The van der Waals surface area contributed by atoms with Crippen LogP contribution in [0.15, 0.2) is 17.4 Å². The van der Waals surface area contributed by atoms with Crippen molar-refractivity contribution in [3.05, 3.63) is 38.2 Å². The Labute approximate surface area is 126 Å². The summed E-state index contributed by atoms with van der Waals surface area (Å²) < 4.78 is 0. The second kappa shape index (κ2) is 8.77. The summed E-state index contributed by atoms with van der Waals surface area (Å²) >= 11 is 3.38. The van der Waals surface area contributed by atoms with Gasteiger partial charge in [0, 0.05) is 30.0 Å². The standard InChI is InChI=1S/C11H19N5O2S2/c1-15(2)6-11-14-9(8-20-11)7-19-4-3-13-10(12)5-16(17)18/h5,8,13H,3-4,6-7,12H2,1-2H3. The first kappa shape index (κ1) is 16.7. The summed E-state index contributed by atoms with van der Waals surface area (Å²) in [4.78, 5) is 16.2. The molecule has 0 aliphatic heterocycles. The van der Waals surface area contributed by atoms with Crippen molar-refractivity contribution in [3.63, 3.8) is 0 Å². The molecule has 0 spiro atoms. The molecule has 0 saturated heterocycles. The number of nitro groups is 1. The summed E-state index contributed by atoms with van der Waals surface area (Å²) in [6.07, 6.45) is 0.763. The zero-order valence-electron chi connectivity index (χ0n) is 11.5. The van der Waals surface area contributed by atoms with Gasteiger partial charge in [-0.25, -0.2) is 4.98 Å². The monoisotopic (exact) mass is 317 g/mol. The number of nitrogens with zero attached hydrogens (tertiary/aromatic N) is 3. The average molecular weight is 317 g/mol. The molecule has 0 aliphatic carbocycles. The number of thioether (sulfide) groups is 1. The number of rotatable bonds is 9. The predicted octanol–water partition coefficient (Wildman–Crippen LogP) is 1.06. The van der Waals surface area contributed by atoms with Gasteiger partial charge in [0.05, 0.1) is 10.6 Å². The lowest BCUT2D eigenvalue weighted by Gasteiger charge is -2.05. The molecule has 0 atom stereocenters. The van der Waals surface area contributed by atoms with Crippen LogP contribution in [0.2, 0.25) is 0 Å². The van der Waals surface area contributed by atoms with E-state index in [1.807, 2.05) is 14.1 Å². The molecule has 0 aliphatic rings. The highest BCUT2D eigenvalue weighted by Crippen LogP contribution is 2.16. The van der Waals surface area contributed by atoms with Gasteiger partial charge < -0.3 is 16.0 Å². The number of aromatic nitrogens is 1. The van der Waals surface area contributed by atoms with Gasteiger partial charge in [0.15, 0.2) is 5.82 Å². The molecule has 0 aromatic carbocycles. The van der Waals surface area contributed by atoms with Crippen LogP contribution < -0.4 is 11.1 Å². The van der Waals surface area contributed by atoms with E-state index in [9.17, 15) is 10.1 Å². The highest BCUT2D eigenvalue weighted by atomic mass is 32.2. The summed E-state index contributed by atoms with van der Waals surface area (Å²) in [7, 11) is 4.04. The molecule has 1 aromatic rings. The Kier molecular flexibility index (Phi) is 7.34. The molecule has 0 unspecified atom stereocenters. The highest BCUT2D eigenvalue weighted by molar-refractivity contribution is 7.98. The van der Waals surface area contributed by atoms with Crippen LogP contribution in [-0.4, -0.2) is 41.2 Å². The zero-order chi connectivity index (χ0) is 15.0. The maximum atomic E-state index is 10.2. The Bertz CT molecular complexity index is 461. The van der Waals surface area contributed by atoms with Crippen molar-refractivity contribution in [2.45, 2.75) is 12.3 Å².